The number of nitrogens with one attached hydrogen (secondary N) is 1. The molecule has 1 aliphatic heterocycles. The third-order valence-electron chi connectivity index (χ3n) is 7.63. The first-order chi connectivity index (χ1) is 19.9. The number of ether oxygens (including phenoxy) is 2. The molecular weight excluding hydrogens is 534 g/mol. The summed E-state index contributed by atoms with van der Waals surface area (Å²) < 4.78 is 14.6. The van der Waals surface area contributed by atoms with Crippen LogP contribution < -0.4 is 26.2 Å². The summed E-state index contributed by atoms with van der Waals surface area (Å²) in [4.78, 5) is 42.5. The van der Waals surface area contributed by atoms with E-state index in [1.54, 1.807) is 10.6 Å². The zero-order valence-electron chi connectivity index (χ0n) is 26.6. The summed E-state index contributed by atoms with van der Waals surface area (Å²) in [5.74, 6) is 1.45. The number of anilines is 2. The normalized spacial score (nSPS) is 14.5. The highest BCUT2D eigenvalue weighted by Gasteiger charge is 2.26. The molecule has 1 aromatic heterocycles. The van der Waals surface area contributed by atoms with Gasteiger partial charge in [-0.15, -0.1) is 0 Å². The van der Waals surface area contributed by atoms with Crippen LogP contribution in [-0.2, 0) is 4.74 Å². The highest BCUT2D eigenvalue weighted by atomic mass is 16.5. The lowest BCUT2D eigenvalue weighted by Crippen LogP contribution is -2.51. The second-order valence-corrected chi connectivity index (χ2v) is 12.3. The molecule has 42 heavy (non-hydrogen) atoms. The van der Waals surface area contributed by atoms with Crippen LogP contribution in [-0.4, -0.2) is 65.1 Å². The van der Waals surface area contributed by atoms with E-state index in [1.165, 1.54) is 4.57 Å². The van der Waals surface area contributed by atoms with Crippen molar-refractivity contribution < 1.29 is 14.3 Å². The summed E-state index contributed by atoms with van der Waals surface area (Å²) in [7, 11) is 0. The van der Waals surface area contributed by atoms with E-state index in [1.807, 2.05) is 52.0 Å². The molecule has 0 saturated carbocycles. The SMILES string of the molecule is CCCCCCOC(=O)Nc1ccc(OC(C)(C)CCN2CCN(c3cc(=O)n(C(C)C)c(=O)n3C(C)C)CC2)cc1. The molecule has 3 rings (SSSR count). The molecule has 1 saturated heterocycles. The van der Waals surface area contributed by atoms with Crippen molar-refractivity contribution in [2.75, 3.05) is 49.5 Å². The van der Waals surface area contributed by atoms with Crippen molar-refractivity contribution in [3.8, 4) is 5.75 Å². The fourth-order valence-electron chi connectivity index (χ4n) is 5.21. The van der Waals surface area contributed by atoms with Gasteiger partial charge >= 0.3 is 11.8 Å². The number of aromatic nitrogens is 2. The van der Waals surface area contributed by atoms with E-state index >= 15 is 0 Å². The number of nitrogens with zero attached hydrogens (tertiary/aromatic N) is 4. The van der Waals surface area contributed by atoms with Gasteiger partial charge in [0.2, 0.25) is 0 Å². The zero-order valence-corrected chi connectivity index (χ0v) is 26.6. The van der Waals surface area contributed by atoms with Crippen LogP contribution in [0.1, 0.15) is 92.7 Å². The zero-order chi connectivity index (χ0) is 30.9. The molecule has 1 aromatic carbocycles. The van der Waals surface area contributed by atoms with Gasteiger partial charge in [0.1, 0.15) is 17.2 Å². The topological polar surface area (TPSA) is 98.0 Å². The van der Waals surface area contributed by atoms with Gasteiger partial charge in [-0.05, 0) is 78.6 Å². The van der Waals surface area contributed by atoms with Crippen LogP contribution in [0.25, 0.3) is 0 Å². The molecular formula is C32H51N5O5. The largest absolute Gasteiger partial charge is 0.488 e. The molecule has 1 aliphatic rings. The highest BCUT2D eigenvalue weighted by molar-refractivity contribution is 5.84. The summed E-state index contributed by atoms with van der Waals surface area (Å²) in [6.45, 7) is 18.5. The fourth-order valence-corrected chi connectivity index (χ4v) is 5.21. The molecule has 2 aromatic rings. The Labute approximate surface area is 250 Å². The molecule has 1 amide bonds. The highest BCUT2D eigenvalue weighted by Crippen LogP contribution is 2.24. The van der Waals surface area contributed by atoms with Crippen LogP contribution in [0.2, 0.25) is 0 Å². The maximum absolute atomic E-state index is 13.1. The van der Waals surface area contributed by atoms with Crippen molar-refractivity contribution in [2.45, 2.75) is 98.3 Å². The molecule has 234 valence electrons. The lowest BCUT2D eigenvalue weighted by Gasteiger charge is -2.38. The Morgan fingerprint density at radius 3 is 2.17 bits per heavy atom. The molecule has 0 radical (unpaired) electrons. The molecule has 0 unspecified atom stereocenters. The van der Waals surface area contributed by atoms with E-state index in [0.717, 1.165) is 70.6 Å². The first-order valence-corrected chi connectivity index (χ1v) is 15.5. The lowest BCUT2D eigenvalue weighted by atomic mass is 10.0. The number of rotatable bonds is 14. The first-order valence-electron chi connectivity index (χ1n) is 15.5. The van der Waals surface area contributed by atoms with Crippen molar-refractivity contribution in [3.63, 3.8) is 0 Å². The molecule has 2 heterocycles. The Hall–Kier alpha value is -3.27. The van der Waals surface area contributed by atoms with E-state index in [9.17, 15) is 14.4 Å². The molecule has 1 fully saturated rings. The van der Waals surface area contributed by atoms with Crippen molar-refractivity contribution in [1.82, 2.24) is 14.0 Å². The number of hydrogen-bond acceptors (Lipinski definition) is 7. The summed E-state index contributed by atoms with van der Waals surface area (Å²) in [5.41, 5.74) is -0.209. The lowest BCUT2D eigenvalue weighted by molar-refractivity contribution is 0.0820. The van der Waals surface area contributed by atoms with Crippen molar-refractivity contribution >= 4 is 17.6 Å². The number of unbranched alkanes of at least 4 members (excludes halogenated alkanes) is 3. The number of piperazine rings is 1. The summed E-state index contributed by atoms with van der Waals surface area (Å²) in [6, 6.07) is 8.74. The van der Waals surface area contributed by atoms with Gasteiger partial charge in [-0.3, -0.25) is 24.1 Å². The van der Waals surface area contributed by atoms with E-state index in [2.05, 4.69) is 35.9 Å². The van der Waals surface area contributed by atoms with Crippen molar-refractivity contribution in [2.24, 2.45) is 0 Å². The smallest absolute Gasteiger partial charge is 0.411 e. The minimum absolute atomic E-state index is 0.0481. The van der Waals surface area contributed by atoms with E-state index in [-0.39, 0.29) is 28.9 Å². The van der Waals surface area contributed by atoms with Crippen molar-refractivity contribution in [1.29, 1.82) is 0 Å². The Morgan fingerprint density at radius 2 is 1.57 bits per heavy atom. The van der Waals surface area contributed by atoms with Gasteiger partial charge in [0.25, 0.3) is 5.56 Å². The predicted molar refractivity (Wildman–Crippen MR) is 169 cm³/mol. The number of carbonyl (C=O) groups is 1. The van der Waals surface area contributed by atoms with Crippen LogP contribution in [0.5, 0.6) is 5.75 Å². The minimum Gasteiger partial charge on any atom is -0.488 e. The Balaban J connectivity index is 1.49. The van der Waals surface area contributed by atoms with Crippen LogP contribution in [0, 0.1) is 0 Å². The molecule has 0 atom stereocenters. The van der Waals surface area contributed by atoms with Gasteiger partial charge < -0.3 is 14.4 Å². The van der Waals surface area contributed by atoms with E-state index in [4.69, 9.17) is 9.47 Å². The standard InChI is InChI=1S/C32H51N5O5/c1-8-9-10-11-22-41-30(39)33-26-12-14-27(15-13-26)42-32(6,7)16-17-34-18-20-35(21-19-34)28-23-29(38)37(25(4)5)31(40)36(28)24(2)3/h12-15,23-25H,8-11,16-22H2,1-7H3,(H,33,39). The van der Waals surface area contributed by atoms with Crippen LogP contribution in [0.4, 0.5) is 16.3 Å². The average Bonchev–Trinajstić information content (AvgIpc) is 2.92. The Bertz CT molecular complexity index is 1260. The molecule has 0 aliphatic carbocycles. The first kappa shape index (κ1) is 33.2. The maximum Gasteiger partial charge on any atom is 0.411 e. The van der Waals surface area contributed by atoms with Gasteiger partial charge in [0.05, 0.1) is 6.61 Å². The fraction of sp³-hybridized carbons (Fsp3) is 0.656. The third kappa shape index (κ3) is 9.37. The molecule has 10 nitrogen and oxygen atoms in total. The number of carbonyl (C=O) groups excluding carboxylic acids is 1. The van der Waals surface area contributed by atoms with Gasteiger partial charge in [0, 0.05) is 56.6 Å². The quantitative estimate of drug-likeness (QED) is 0.285. The summed E-state index contributed by atoms with van der Waals surface area (Å²) in [5, 5.41) is 2.76. The second-order valence-electron chi connectivity index (χ2n) is 12.3. The maximum atomic E-state index is 13.1. The summed E-state index contributed by atoms with van der Waals surface area (Å²) >= 11 is 0. The van der Waals surface area contributed by atoms with E-state index in [0.29, 0.717) is 18.1 Å². The van der Waals surface area contributed by atoms with Gasteiger partial charge in [-0.2, -0.15) is 0 Å². The van der Waals surface area contributed by atoms with Crippen molar-refractivity contribution in [3.05, 3.63) is 51.2 Å². The minimum atomic E-state index is -0.437. The molecule has 10 heteroatoms. The Kier molecular flexibility index (Phi) is 12.1. The van der Waals surface area contributed by atoms with Crippen LogP contribution in [0.15, 0.2) is 39.9 Å². The monoisotopic (exact) mass is 585 g/mol. The van der Waals surface area contributed by atoms with E-state index < -0.39 is 6.09 Å². The third-order valence-corrected chi connectivity index (χ3v) is 7.63. The molecule has 0 spiro atoms. The molecule has 1 N–H and O–H groups in total. The van der Waals surface area contributed by atoms with Crippen LogP contribution in [0.3, 0.4) is 0 Å². The predicted octanol–water partition coefficient (Wildman–Crippen LogP) is 5.67. The van der Waals surface area contributed by atoms with Gasteiger partial charge in [0.15, 0.2) is 0 Å². The van der Waals surface area contributed by atoms with Gasteiger partial charge in [-0.25, -0.2) is 9.59 Å². The number of benzene rings is 1. The summed E-state index contributed by atoms with van der Waals surface area (Å²) in [6.07, 6.45) is 4.65. The van der Waals surface area contributed by atoms with Gasteiger partial charge in [-0.1, -0.05) is 26.2 Å². The molecule has 0 bridgehead atoms. The number of hydrogen-bond donors (Lipinski definition) is 1. The number of amides is 1. The average molecular weight is 586 g/mol. The Morgan fingerprint density at radius 1 is 0.929 bits per heavy atom. The second kappa shape index (κ2) is 15.3. The van der Waals surface area contributed by atoms with Crippen LogP contribution >= 0.6 is 0 Å².